The van der Waals surface area contributed by atoms with Gasteiger partial charge < -0.3 is 0 Å². The lowest BCUT2D eigenvalue weighted by atomic mass is 10.4. The van der Waals surface area contributed by atoms with Gasteiger partial charge in [0.1, 0.15) is 0 Å². The van der Waals surface area contributed by atoms with E-state index in [0.29, 0.717) is 4.83 Å². The standard InChI is InChI=1S/C4H6BrI2/c1-3(5)2-4(6)7/h3H,2H2,1H3. The van der Waals surface area contributed by atoms with Gasteiger partial charge in [0.25, 0.3) is 0 Å². The molecule has 7 heavy (non-hydrogen) atoms. The Kier molecular flexibility index (Phi) is 6.11. The molecule has 0 spiro atoms. The van der Waals surface area contributed by atoms with E-state index in [1.807, 2.05) is 0 Å². The molecule has 1 atom stereocenters. The first-order chi connectivity index (χ1) is 3.13. The molecule has 0 aliphatic heterocycles. The van der Waals surface area contributed by atoms with Crippen LogP contribution in [0.5, 0.6) is 0 Å². The Morgan fingerprint density at radius 3 is 2.14 bits per heavy atom. The first-order valence-corrected chi connectivity index (χ1v) is 5.01. The van der Waals surface area contributed by atoms with E-state index in [0.717, 1.165) is 0 Å². The zero-order chi connectivity index (χ0) is 5.86. The Bertz CT molecular complexity index is 39.0. The third kappa shape index (κ3) is 7.94. The summed E-state index contributed by atoms with van der Waals surface area (Å²) < 4.78 is 1.43. The van der Waals surface area contributed by atoms with Crippen LogP contribution in [-0.4, -0.2) is 4.83 Å². The summed E-state index contributed by atoms with van der Waals surface area (Å²) in [7, 11) is 0. The highest BCUT2D eigenvalue weighted by Gasteiger charge is 2.01. The van der Waals surface area contributed by atoms with Crippen molar-refractivity contribution in [3.05, 3.63) is 1.93 Å². The fraction of sp³-hybridized carbons (Fsp3) is 0.750. The van der Waals surface area contributed by atoms with Gasteiger partial charge >= 0.3 is 0 Å². The van der Waals surface area contributed by atoms with Crippen molar-refractivity contribution in [1.29, 1.82) is 0 Å². The van der Waals surface area contributed by atoms with Crippen molar-refractivity contribution in [2.45, 2.75) is 18.2 Å². The largest absolute Gasteiger partial charge is 0.0980 e. The van der Waals surface area contributed by atoms with Gasteiger partial charge in [0, 0.05) is 4.83 Å². The molecule has 0 N–H and O–H groups in total. The van der Waals surface area contributed by atoms with Crippen LogP contribution in [0.2, 0.25) is 0 Å². The predicted octanol–water partition coefficient (Wildman–Crippen LogP) is 3.52. The lowest BCUT2D eigenvalue weighted by Gasteiger charge is -1.99. The summed E-state index contributed by atoms with van der Waals surface area (Å²) >= 11 is 8.11. The Balaban J connectivity index is 2.95. The van der Waals surface area contributed by atoms with E-state index in [9.17, 15) is 0 Å². The van der Waals surface area contributed by atoms with E-state index < -0.39 is 0 Å². The van der Waals surface area contributed by atoms with Crippen LogP contribution in [0, 0.1) is 1.93 Å². The van der Waals surface area contributed by atoms with E-state index in [1.54, 1.807) is 0 Å². The molecule has 0 saturated heterocycles. The van der Waals surface area contributed by atoms with Crippen molar-refractivity contribution in [3.63, 3.8) is 0 Å². The molecule has 0 heterocycles. The van der Waals surface area contributed by atoms with Gasteiger partial charge in [0.2, 0.25) is 0 Å². The average Bonchev–Trinajstić information content (AvgIpc) is 1.27. The molecule has 0 nitrogen and oxygen atoms in total. The summed E-state index contributed by atoms with van der Waals surface area (Å²) in [5.74, 6) is 0. The molecular formula is C4H6BrI2. The molecule has 0 aromatic rings. The molecule has 0 bridgehead atoms. The predicted molar refractivity (Wildman–Crippen MR) is 54.3 cm³/mol. The Morgan fingerprint density at radius 2 is 2.14 bits per heavy atom. The number of halogens is 3. The molecule has 0 aromatic heterocycles. The van der Waals surface area contributed by atoms with Crippen LogP contribution in [-0.2, 0) is 0 Å². The molecule has 0 aromatic carbocycles. The normalized spacial score (nSPS) is 15.0. The molecule has 1 radical (unpaired) electrons. The molecule has 43 valence electrons. The van der Waals surface area contributed by atoms with Crippen molar-refractivity contribution in [2.24, 2.45) is 0 Å². The van der Waals surface area contributed by atoms with E-state index >= 15 is 0 Å². The maximum absolute atomic E-state index is 3.44. The minimum absolute atomic E-state index is 0.635. The number of rotatable bonds is 2. The number of hydrogen-bond donors (Lipinski definition) is 0. The molecule has 0 rings (SSSR count). The highest BCUT2D eigenvalue weighted by molar-refractivity contribution is 14.2. The molecular weight excluding hydrogens is 382 g/mol. The fourth-order valence-corrected chi connectivity index (χ4v) is 3.07. The Hall–Kier alpha value is 1.94. The summed E-state index contributed by atoms with van der Waals surface area (Å²) in [6.45, 7) is 2.15. The third-order valence-electron chi connectivity index (χ3n) is 0.436. The van der Waals surface area contributed by atoms with Crippen molar-refractivity contribution in [2.75, 3.05) is 0 Å². The van der Waals surface area contributed by atoms with E-state index in [2.05, 4.69) is 68.0 Å². The van der Waals surface area contributed by atoms with Gasteiger partial charge in [-0.15, -0.1) is 0 Å². The number of alkyl halides is 1. The van der Waals surface area contributed by atoms with Gasteiger partial charge in [0.15, 0.2) is 0 Å². The van der Waals surface area contributed by atoms with Gasteiger partial charge in [-0.2, -0.15) is 0 Å². The first-order valence-electron chi connectivity index (χ1n) is 1.94. The lowest BCUT2D eigenvalue weighted by molar-refractivity contribution is 0.987. The quantitative estimate of drug-likeness (QED) is 0.502. The maximum Gasteiger partial charge on any atom is 0.0980 e. The summed E-state index contributed by atoms with van der Waals surface area (Å²) in [5.41, 5.74) is 0. The zero-order valence-electron chi connectivity index (χ0n) is 3.92. The van der Waals surface area contributed by atoms with Crippen LogP contribution in [0.4, 0.5) is 0 Å². The summed E-state index contributed by atoms with van der Waals surface area (Å²) in [4.78, 5) is 0.635. The molecule has 0 fully saturated rings. The molecule has 0 aliphatic rings. The number of hydrogen-bond acceptors (Lipinski definition) is 0. The molecule has 0 saturated carbocycles. The van der Waals surface area contributed by atoms with Gasteiger partial charge in [-0.05, 0) is 6.42 Å². The van der Waals surface area contributed by atoms with Crippen molar-refractivity contribution >= 4 is 61.1 Å². The van der Waals surface area contributed by atoms with Crippen LogP contribution in [0.3, 0.4) is 0 Å². The van der Waals surface area contributed by atoms with Gasteiger partial charge in [-0.3, -0.25) is 0 Å². The minimum Gasteiger partial charge on any atom is -0.0893 e. The lowest BCUT2D eigenvalue weighted by Crippen LogP contribution is -1.88. The molecule has 0 aliphatic carbocycles. The smallest absolute Gasteiger partial charge is 0.0893 e. The molecule has 3 heteroatoms. The van der Waals surface area contributed by atoms with E-state index in [1.165, 1.54) is 8.35 Å². The maximum atomic E-state index is 3.44. The van der Waals surface area contributed by atoms with Crippen molar-refractivity contribution in [3.8, 4) is 0 Å². The van der Waals surface area contributed by atoms with Gasteiger partial charge in [0.05, 0.1) is 1.93 Å². The zero-order valence-corrected chi connectivity index (χ0v) is 9.82. The van der Waals surface area contributed by atoms with Crippen LogP contribution in [0.1, 0.15) is 13.3 Å². The molecule has 0 amide bonds. The average molecular weight is 388 g/mol. The second kappa shape index (κ2) is 4.78. The van der Waals surface area contributed by atoms with Crippen LogP contribution < -0.4 is 0 Å². The van der Waals surface area contributed by atoms with E-state index in [4.69, 9.17) is 0 Å². The highest BCUT2D eigenvalue weighted by Crippen LogP contribution is 2.27. The van der Waals surface area contributed by atoms with Crippen molar-refractivity contribution < 1.29 is 0 Å². The topological polar surface area (TPSA) is 0 Å². The van der Waals surface area contributed by atoms with Crippen LogP contribution >= 0.6 is 61.1 Å². The fourth-order valence-electron chi connectivity index (χ4n) is 0.213. The summed E-state index contributed by atoms with van der Waals surface area (Å²) in [5, 5.41) is 0. The first kappa shape index (κ1) is 8.94. The second-order valence-electron chi connectivity index (χ2n) is 1.32. The summed E-state index contributed by atoms with van der Waals surface area (Å²) in [6, 6.07) is 0. The van der Waals surface area contributed by atoms with Gasteiger partial charge in [-0.1, -0.05) is 68.0 Å². The van der Waals surface area contributed by atoms with Crippen LogP contribution in [0.25, 0.3) is 0 Å². The van der Waals surface area contributed by atoms with Crippen LogP contribution in [0.15, 0.2) is 0 Å². The van der Waals surface area contributed by atoms with E-state index in [-0.39, 0.29) is 0 Å². The second-order valence-corrected chi connectivity index (χ2v) is 7.56. The monoisotopic (exact) mass is 387 g/mol. The summed E-state index contributed by atoms with van der Waals surface area (Å²) in [6.07, 6.45) is 1.17. The highest BCUT2D eigenvalue weighted by atomic mass is 127. The third-order valence-corrected chi connectivity index (χ3v) is 1.64. The molecule has 1 unspecified atom stereocenters. The van der Waals surface area contributed by atoms with Crippen molar-refractivity contribution in [1.82, 2.24) is 0 Å². The minimum atomic E-state index is 0.635. The van der Waals surface area contributed by atoms with Gasteiger partial charge in [-0.25, -0.2) is 0 Å². The Labute approximate surface area is 80.2 Å². The Morgan fingerprint density at radius 1 is 1.71 bits per heavy atom. The SMILES string of the molecule is CC(Br)C[C](I)I.